The number of fused-ring (bicyclic) bond motifs is 5. The molecular formula is C32H46O12. The van der Waals surface area contributed by atoms with E-state index in [1.54, 1.807) is 0 Å². The Morgan fingerprint density at radius 2 is 1.73 bits per heavy atom. The number of esters is 2. The van der Waals surface area contributed by atoms with Gasteiger partial charge in [0.2, 0.25) is 0 Å². The molecule has 44 heavy (non-hydrogen) atoms. The van der Waals surface area contributed by atoms with E-state index in [0.29, 0.717) is 38.5 Å². The van der Waals surface area contributed by atoms with Gasteiger partial charge in [-0.15, -0.1) is 0 Å². The third-order valence-electron chi connectivity index (χ3n) is 12.3. The monoisotopic (exact) mass is 622 g/mol. The van der Waals surface area contributed by atoms with Gasteiger partial charge in [-0.2, -0.15) is 0 Å². The molecule has 0 aromatic rings. The van der Waals surface area contributed by atoms with Crippen molar-refractivity contribution >= 4 is 11.9 Å². The van der Waals surface area contributed by atoms with Crippen LogP contribution in [0.4, 0.5) is 0 Å². The van der Waals surface area contributed by atoms with Crippen molar-refractivity contribution < 1.29 is 59.2 Å². The Morgan fingerprint density at radius 1 is 1.00 bits per heavy atom. The first-order chi connectivity index (χ1) is 20.6. The lowest BCUT2D eigenvalue weighted by Gasteiger charge is -2.67. The van der Waals surface area contributed by atoms with Crippen LogP contribution in [0.3, 0.4) is 0 Å². The van der Waals surface area contributed by atoms with Crippen molar-refractivity contribution in [3.8, 4) is 0 Å². The quantitative estimate of drug-likeness (QED) is 0.189. The Labute approximate surface area is 256 Å². The highest BCUT2D eigenvalue weighted by Gasteiger charge is 2.75. The van der Waals surface area contributed by atoms with Crippen molar-refractivity contribution in [1.29, 1.82) is 0 Å². The molecule has 12 nitrogen and oxygen atoms in total. The molecule has 246 valence electrons. The number of carbonyl (C=O) groups excluding carboxylic acids is 2. The van der Waals surface area contributed by atoms with Gasteiger partial charge >= 0.3 is 11.9 Å². The van der Waals surface area contributed by atoms with Crippen molar-refractivity contribution in [2.75, 3.05) is 0 Å². The molecule has 15 atom stereocenters. The van der Waals surface area contributed by atoms with Crippen LogP contribution < -0.4 is 0 Å². The standard InChI is InChI=1S/C32H46O12/c1-15-18(5-6-23(34)41-15)19-8-12-32(40)30(19,4)11-9-22-29(3)10-7-17(43-28-26(37)24(35)25(36)27(38)44-28)13-20(29)21(42-16(2)33)14-31(22,32)39/h5-6,13,15,17-19,21-22,24-28,35-40H,7-12,14H2,1-4H3. The first-order valence-corrected chi connectivity index (χ1v) is 15.8. The van der Waals surface area contributed by atoms with Crippen LogP contribution in [-0.4, -0.2) is 103 Å². The summed E-state index contributed by atoms with van der Waals surface area (Å²) in [5, 5.41) is 65.9. The van der Waals surface area contributed by atoms with E-state index in [9.17, 15) is 40.2 Å². The molecule has 0 amide bonds. The summed E-state index contributed by atoms with van der Waals surface area (Å²) in [5.41, 5.74) is -3.68. The highest BCUT2D eigenvalue weighted by Crippen LogP contribution is 2.71. The van der Waals surface area contributed by atoms with Crippen molar-refractivity contribution in [3.05, 3.63) is 23.8 Å². The van der Waals surface area contributed by atoms with Gasteiger partial charge in [0.1, 0.15) is 36.1 Å². The van der Waals surface area contributed by atoms with E-state index >= 15 is 0 Å². The minimum absolute atomic E-state index is 0.0125. The summed E-state index contributed by atoms with van der Waals surface area (Å²) < 4.78 is 22.6. The first-order valence-electron chi connectivity index (χ1n) is 15.8. The van der Waals surface area contributed by atoms with Crippen LogP contribution >= 0.6 is 0 Å². The Bertz CT molecular complexity index is 1240. The van der Waals surface area contributed by atoms with Gasteiger partial charge in [-0.25, -0.2) is 4.79 Å². The SMILES string of the molecule is CC(=O)OC1CC2(O)C(CCC3(C)C(C4C=CC(=O)OC4C)CCC32O)C2(C)CCC(OC3OC(O)C(O)C(O)C3O)C=C12. The third kappa shape index (κ3) is 4.55. The molecule has 4 aliphatic carbocycles. The van der Waals surface area contributed by atoms with E-state index in [-0.39, 0.29) is 36.2 Å². The number of cyclic esters (lactones) is 1. The van der Waals surface area contributed by atoms with Crippen molar-refractivity contribution in [2.24, 2.45) is 28.6 Å². The largest absolute Gasteiger partial charge is 0.459 e. The fourth-order valence-corrected chi connectivity index (χ4v) is 10.1. The van der Waals surface area contributed by atoms with Gasteiger partial charge in [0.05, 0.1) is 11.7 Å². The second kappa shape index (κ2) is 10.8. The maximum Gasteiger partial charge on any atom is 0.330 e. The summed E-state index contributed by atoms with van der Waals surface area (Å²) >= 11 is 0. The van der Waals surface area contributed by atoms with Gasteiger partial charge in [0.25, 0.3) is 0 Å². The highest BCUT2D eigenvalue weighted by atomic mass is 16.7. The van der Waals surface area contributed by atoms with Gasteiger partial charge in [-0.05, 0) is 68.3 Å². The van der Waals surface area contributed by atoms with Crippen LogP contribution in [0.25, 0.3) is 0 Å². The fourth-order valence-electron chi connectivity index (χ4n) is 10.1. The lowest BCUT2D eigenvalue weighted by atomic mass is 9.42. The number of hydrogen-bond donors (Lipinski definition) is 6. The lowest BCUT2D eigenvalue weighted by Crippen LogP contribution is -2.74. The summed E-state index contributed by atoms with van der Waals surface area (Å²) in [6, 6.07) is 0. The summed E-state index contributed by atoms with van der Waals surface area (Å²) in [7, 11) is 0. The predicted octanol–water partition coefficient (Wildman–Crippen LogP) is 0.597. The maximum atomic E-state index is 12.8. The molecule has 3 saturated carbocycles. The molecule has 15 unspecified atom stereocenters. The van der Waals surface area contributed by atoms with Crippen molar-refractivity contribution in [2.45, 2.75) is 133 Å². The molecule has 12 heteroatoms. The van der Waals surface area contributed by atoms with Gasteiger partial charge in [0, 0.05) is 30.8 Å². The summed E-state index contributed by atoms with van der Waals surface area (Å²) in [6.45, 7) is 7.23. The lowest BCUT2D eigenvalue weighted by molar-refractivity contribution is -0.346. The summed E-state index contributed by atoms with van der Waals surface area (Å²) in [5.74, 6) is -1.42. The summed E-state index contributed by atoms with van der Waals surface area (Å²) in [6.07, 6.45) is -1.68. The smallest absolute Gasteiger partial charge is 0.330 e. The zero-order chi connectivity index (χ0) is 32.0. The number of aliphatic hydroxyl groups excluding tert-OH is 4. The average Bonchev–Trinajstić information content (AvgIpc) is 3.22. The van der Waals surface area contributed by atoms with E-state index in [1.165, 1.54) is 13.0 Å². The number of rotatable bonds is 4. The molecule has 1 saturated heterocycles. The Morgan fingerprint density at radius 3 is 2.41 bits per heavy atom. The van der Waals surface area contributed by atoms with Gasteiger partial charge in [-0.1, -0.05) is 26.0 Å². The molecule has 0 spiro atoms. The Hall–Kier alpha value is -1.90. The molecule has 0 aromatic heterocycles. The van der Waals surface area contributed by atoms with E-state index in [0.717, 1.165) is 5.57 Å². The van der Waals surface area contributed by atoms with E-state index in [2.05, 4.69) is 0 Å². The van der Waals surface area contributed by atoms with Crippen LogP contribution in [0.1, 0.15) is 72.6 Å². The molecule has 6 aliphatic rings. The van der Waals surface area contributed by atoms with Gasteiger partial charge in [-0.3, -0.25) is 4.79 Å². The Balaban J connectivity index is 1.32. The number of carbonyl (C=O) groups is 2. The van der Waals surface area contributed by atoms with E-state index in [4.69, 9.17) is 18.9 Å². The highest BCUT2D eigenvalue weighted by molar-refractivity contribution is 5.83. The normalized spacial score (nSPS) is 53.5. The first kappa shape index (κ1) is 32.1. The Kier molecular flexibility index (Phi) is 7.89. The van der Waals surface area contributed by atoms with Crippen LogP contribution in [0.15, 0.2) is 23.8 Å². The van der Waals surface area contributed by atoms with Crippen LogP contribution in [0, 0.1) is 28.6 Å². The minimum atomic E-state index is -1.75. The molecule has 6 rings (SSSR count). The molecule has 2 aliphatic heterocycles. The van der Waals surface area contributed by atoms with Gasteiger partial charge < -0.3 is 49.6 Å². The second-order valence-electron chi connectivity index (χ2n) is 14.4. The average molecular weight is 623 g/mol. The molecule has 6 N–H and O–H groups in total. The molecule has 2 heterocycles. The van der Waals surface area contributed by atoms with E-state index in [1.807, 2.05) is 32.9 Å². The summed E-state index contributed by atoms with van der Waals surface area (Å²) in [4.78, 5) is 24.3. The van der Waals surface area contributed by atoms with Crippen LogP contribution in [-0.2, 0) is 28.5 Å². The molecular weight excluding hydrogens is 576 g/mol. The predicted molar refractivity (Wildman–Crippen MR) is 151 cm³/mol. The number of hydrogen-bond acceptors (Lipinski definition) is 12. The van der Waals surface area contributed by atoms with Gasteiger partial charge in [0.15, 0.2) is 12.6 Å². The molecule has 0 bridgehead atoms. The third-order valence-corrected chi connectivity index (χ3v) is 12.3. The molecule has 0 aromatic carbocycles. The van der Waals surface area contributed by atoms with E-state index < -0.39 is 71.1 Å². The van der Waals surface area contributed by atoms with Crippen LogP contribution in [0.5, 0.6) is 0 Å². The minimum Gasteiger partial charge on any atom is -0.459 e. The topological polar surface area (TPSA) is 192 Å². The van der Waals surface area contributed by atoms with Crippen molar-refractivity contribution in [1.82, 2.24) is 0 Å². The number of ether oxygens (including phenoxy) is 4. The zero-order valence-corrected chi connectivity index (χ0v) is 25.7. The van der Waals surface area contributed by atoms with Crippen LogP contribution in [0.2, 0.25) is 0 Å². The zero-order valence-electron chi connectivity index (χ0n) is 25.7. The second-order valence-corrected chi connectivity index (χ2v) is 14.4. The molecule has 4 fully saturated rings. The maximum absolute atomic E-state index is 12.8. The van der Waals surface area contributed by atoms with Crippen molar-refractivity contribution in [3.63, 3.8) is 0 Å². The fraction of sp³-hybridized carbons (Fsp3) is 0.812. The molecule has 0 radical (unpaired) electrons. The number of aliphatic hydroxyl groups is 6.